The summed E-state index contributed by atoms with van der Waals surface area (Å²) in [5.74, 6) is 1.94. The number of benzene rings is 1. The average molecular weight is 331 g/mol. The maximum atomic E-state index is 5.43. The molecule has 1 aromatic rings. The molecular formula is C21H34N2O. The van der Waals surface area contributed by atoms with E-state index in [-0.39, 0.29) is 0 Å². The number of hydrogen-bond donors (Lipinski definition) is 1. The molecule has 1 saturated heterocycles. The van der Waals surface area contributed by atoms with Gasteiger partial charge in [0, 0.05) is 6.04 Å². The van der Waals surface area contributed by atoms with E-state index in [9.17, 15) is 0 Å². The van der Waals surface area contributed by atoms with E-state index in [4.69, 9.17) is 4.74 Å². The van der Waals surface area contributed by atoms with Crippen molar-refractivity contribution in [3.05, 3.63) is 29.3 Å². The van der Waals surface area contributed by atoms with Crippen LogP contribution in [0.2, 0.25) is 0 Å². The van der Waals surface area contributed by atoms with E-state index in [2.05, 4.69) is 35.3 Å². The fraction of sp³-hybridized carbons (Fsp3) is 0.714. The van der Waals surface area contributed by atoms with Crippen LogP contribution in [-0.4, -0.2) is 44.2 Å². The van der Waals surface area contributed by atoms with Gasteiger partial charge < -0.3 is 15.0 Å². The van der Waals surface area contributed by atoms with Crippen molar-refractivity contribution in [2.45, 2.75) is 57.9 Å². The molecule has 1 N–H and O–H groups in total. The third-order valence-corrected chi connectivity index (χ3v) is 5.93. The van der Waals surface area contributed by atoms with Gasteiger partial charge in [-0.3, -0.25) is 0 Å². The molecule has 0 aromatic heterocycles. The molecule has 0 bridgehead atoms. The van der Waals surface area contributed by atoms with Crippen molar-refractivity contribution in [1.82, 2.24) is 10.2 Å². The van der Waals surface area contributed by atoms with Crippen LogP contribution in [0, 0.1) is 5.92 Å². The summed E-state index contributed by atoms with van der Waals surface area (Å²) in [6.07, 6.45) is 9.09. The van der Waals surface area contributed by atoms with Crippen LogP contribution in [0.25, 0.3) is 0 Å². The number of methoxy groups -OCH3 is 1. The Bertz CT molecular complexity index is 511. The normalized spacial score (nSPS) is 21.7. The Kier molecular flexibility index (Phi) is 6.56. The summed E-state index contributed by atoms with van der Waals surface area (Å²) in [6, 6.07) is 7.36. The molecule has 24 heavy (non-hydrogen) atoms. The molecule has 1 unspecified atom stereocenters. The SMILES string of the molecule is CCCN(CCC1CCNCC1)C1CCc2ccc(OC)cc2C1. The van der Waals surface area contributed by atoms with Gasteiger partial charge in [0.15, 0.2) is 0 Å². The van der Waals surface area contributed by atoms with Crippen LogP contribution in [-0.2, 0) is 12.8 Å². The van der Waals surface area contributed by atoms with Crippen LogP contribution in [0.1, 0.15) is 50.2 Å². The highest BCUT2D eigenvalue weighted by molar-refractivity contribution is 5.37. The van der Waals surface area contributed by atoms with Crippen LogP contribution in [0.5, 0.6) is 5.75 Å². The lowest BCUT2D eigenvalue weighted by Crippen LogP contribution is -2.41. The van der Waals surface area contributed by atoms with Gasteiger partial charge in [0.2, 0.25) is 0 Å². The topological polar surface area (TPSA) is 24.5 Å². The Balaban J connectivity index is 1.60. The first kappa shape index (κ1) is 17.8. The van der Waals surface area contributed by atoms with Crippen molar-refractivity contribution in [2.75, 3.05) is 33.3 Å². The van der Waals surface area contributed by atoms with Crippen molar-refractivity contribution in [3.8, 4) is 5.75 Å². The molecule has 3 heteroatoms. The molecule has 3 nitrogen and oxygen atoms in total. The van der Waals surface area contributed by atoms with Gasteiger partial charge in [-0.05, 0) is 100 Å². The lowest BCUT2D eigenvalue weighted by Gasteiger charge is -2.36. The monoisotopic (exact) mass is 330 g/mol. The molecule has 0 amide bonds. The molecule has 1 heterocycles. The minimum absolute atomic E-state index is 0.714. The van der Waals surface area contributed by atoms with E-state index < -0.39 is 0 Å². The van der Waals surface area contributed by atoms with Gasteiger partial charge in [0.25, 0.3) is 0 Å². The Hall–Kier alpha value is -1.06. The molecule has 0 saturated carbocycles. The maximum Gasteiger partial charge on any atom is 0.119 e. The second-order valence-corrected chi connectivity index (χ2v) is 7.55. The van der Waals surface area contributed by atoms with Crippen molar-refractivity contribution in [1.29, 1.82) is 0 Å². The average Bonchev–Trinajstić information content (AvgIpc) is 2.65. The standard InChI is InChI=1S/C21H34N2O/c1-3-13-23(14-10-17-8-11-22-12-9-17)20-6-4-18-5-7-21(24-2)16-19(18)15-20/h5,7,16-17,20,22H,3-4,6,8-15H2,1-2H3. The van der Waals surface area contributed by atoms with Crippen molar-refractivity contribution >= 4 is 0 Å². The zero-order chi connectivity index (χ0) is 16.8. The molecule has 3 rings (SSSR count). The fourth-order valence-corrected chi connectivity index (χ4v) is 4.44. The van der Waals surface area contributed by atoms with Crippen LogP contribution < -0.4 is 10.1 Å². The number of ether oxygens (including phenoxy) is 1. The lowest BCUT2D eigenvalue weighted by atomic mass is 9.86. The molecule has 134 valence electrons. The molecule has 1 fully saturated rings. The number of fused-ring (bicyclic) bond motifs is 1. The zero-order valence-corrected chi connectivity index (χ0v) is 15.5. The molecular weight excluding hydrogens is 296 g/mol. The summed E-state index contributed by atoms with van der Waals surface area (Å²) in [5.41, 5.74) is 3.04. The zero-order valence-electron chi connectivity index (χ0n) is 15.5. The van der Waals surface area contributed by atoms with Crippen LogP contribution in [0.3, 0.4) is 0 Å². The second kappa shape index (κ2) is 8.87. The highest BCUT2D eigenvalue weighted by atomic mass is 16.5. The number of aryl methyl sites for hydroxylation is 1. The summed E-state index contributed by atoms with van der Waals surface area (Å²) in [5, 5.41) is 3.49. The predicted octanol–water partition coefficient (Wildman–Crippen LogP) is 3.65. The van der Waals surface area contributed by atoms with E-state index in [1.54, 1.807) is 7.11 Å². The van der Waals surface area contributed by atoms with Gasteiger partial charge in [-0.1, -0.05) is 13.0 Å². The first-order valence-electron chi connectivity index (χ1n) is 9.90. The first-order chi connectivity index (χ1) is 11.8. The van der Waals surface area contributed by atoms with E-state index in [1.807, 2.05) is 0 Å². The summed E-state index contributed by atoms with van der Waals surface area (Å²) >= 11 is 0. The number of piperidine rings is 1. The number of hydrogen-bond acceptors (Lipinski definition) is 3. The second-order valence-electron chi connectivity index (χ2n) is 7.55. The number of nitrogens with zero attached hydrogens (tertiary/aromatic N) is 1. The Morgan fingerprint density at radius 3 is 2.71 bits per heavy atom. The lowest BCUT2D eigenvalue weighted by molar-refractivity contribution is 0.162. The molecule has 0 radical (unpaired) electrons. The van der Waals surface area contributed by atoms with Gasteiger partial charge in [0.05, 0.1) is 7.11 Å². The Morgan fingerprint density at radius 1 is 1.12 bits per heavy atom. The fourth-order valence-electron chi connectivity index (χ4n) is 4.44. The smallest absolute Gasteiger partial charge is 0.119 e. The van der Waals surface area contributed by atoms with E-state index in [0.717, 1.165) is 11.7 Å². The largest absolute Gasteiger partial charge is 0.497 e. The Labute approximate surface area is 147 Å². The maximum absolute atomic E-state index is 5.43. The minimum atomic E-state index is 0.714. The molecule has 1 aliphatic heterocycles. The highest BCUT2D eigenvalue weighted by Crippen LogP contribution is 2.28. The summed E-state index contributed by atoms with van der Waals surface area (Å²) in [4.78, 5) is 2.78. The van der Waals surface area contributed by atoms with Crippen LogP contribution in [0.15, 0.2) is 18.2 Å². The summed E-state index contributed by atoms with van der Waals surface area (Å²) < 4.78 is 5.43. The Morgan fingerprint density at radius 2 is 1.96 bits per heavy atom. The van der Waals surface area contributed by atoms with Crippen molar-refractivity contribution in [3.63, 3.8) is 0 Å². The van der Waals surface area contributed by atoms with E-state index in [1.165, 1.54) is 82.3 Å². The van der Waals surface area contributed by atoms with E-state index in [0.29, 0.717) is 6.04 Å². The quantitative estimate of drug-likeness (QED) is 0.826. The number of rotatable bonds is 7. The predicted molar refractivity (Wildman–Crippen MR) is 101 cm³/mol. The molecule has 1 aromatic carbocycles. The van der Waals surface area contributed by atoms with Crippen molar-refractivity contribution < 1.29 is 4.74 Å². The molecule has 1 aliphatic carbocycles. The molecule has 1 atom stereocenters. The van der Waals surface area contributed by atoms with Crippen LogP contribution in [0.4, 0.5) is 0 Å². The summed E-state index contributed by atoms with van der Waals surface area (Å²) in [7, 11) is 1.77. The van der Waals surface area contributed by atoms with Crippen molar-refractivity contribution in [2.24, 2.45) is 5.92 Å². The summed E-state index contributed by atoms with van der Waals surface area (Å²) in [6.45, 7) is 7.28. The minimum Gasteiger partial charge on any atom is -0.497 e. The molecule has 2 aliphatic rings. The third-order valence-electron chi connectivity index (χ3n) is 5.93. The van der Waals surface area contributed by atoms with Gasteiger partial charge >= 0.3 is 0 Å². The molecule has 0 spiro atoms. The first-order valence-corrected chi connectivity index (χ1v) is 9.90. The van der Waals surface area contributed by atoms with Gasteiger partial charge in [0.1, 0.15) is 5.75 Å². The number of nitrogens with one attached hydrogen (secondary N) is 1. The highest BCUT2D eigenvalue weighted by Gasteiger charge is 2.25. The van der Waals surface area contributed by atoms with E-state index >= 15 is 0 Å². The third kappa shape index (κ3) is 4.52. The van der Waals surface area contributed by atoms with Crippen LogP contribution >= 0.6 is 0 Å². The van der Waals surface area contributed by atoms with Gasteiger partial charge in [-0.2, -0.15) is 0 Å². The van der Waals surface area contributed by atoms with Gasteiger partial charge in [-0.25, -0.2) is 0 Å². The van der Waals surface area contributed by atoms with Gasteiger partial charge in [-0.15, -0.1) is 0 Å².